The number of aromatic nitrogens is 1. The molecule has 7 heteroatoms. The molecule has 2 aromatic rings. The number of carbonyl (C=O) groups is 1. The molecule has 0 radical (unpaired) electrons. The fourth-order valence-electron chi connectivity index (χ4n) is 1.39. The third kappa shape index (κ3) is 3.18. The minimum atomic E-state index is -0.0914. The molecular weight excluding hydrogens is 307 g/mol. The predicted octanol–water partition coefficient (Wildman–Crippen LogP) is 4.22. The summed E-state index contributed by atoms with van der Waals surface area (Å²) in [4.78, 5) is 16.9. The van der Waals surface area contributed by atoms with Crippen LogP contribution in [0.25, 0.3) is 0 Å². The van der Waals surface area contributed by atoms with Crippen molar-refractivity contribution in [1.82, 2.24) is 4.98 Å². The summed E-state index contributed by atoms with van der Waals surface area (Å²) in [6.45, 7) is 1.48. The van der Waals surface area contributed by atoms with Gasteiger partial charge in [-0.05, 0) is 12.1 Å². The highest BCUT2D eigenvalue weighted by atomic mass is 35.5. The highest BCUT2D eigenvalue weighted by molar-refractivity contribution is 7.18. The molecular formula is C12H10Cl2N2O2S. The van der Waals surface area contributed by atoms with Crippen LogP contribution in [0, 0.1) is 0 Å². The van der Waals surface area contributed by atoms with Gasteiger partial charge in [-0.15, -0.1) is 0 Å². The maximum Gasteiger partial charge on any atom is 0.281 e. The SMILES string of the molecule is CC(=O)N(C)c1ccccc1Oc1nc(Cl)c(Cl)s1. The second-order valence-electron chi connectivity index (χ2n) is 3.69. The van der Waals surface area contributed by atoms with Gasteiger partial charge in [0.15, 0.2) is 10.9 Å². The van der Waals surface area contributed by atoms with Gasteiger partial charge in [-0.1, -0.05) is 46.7 Å². The van der Waals surface area contributed by atoms with Crippen molar-refractivity contribution in [3.8, 4) is 10.9 Å². The molecule has 2 rings (SSSR count). The molecule has 4 nitrogen and oxygen atoms in total. The topological polar surface area (TPSA) is 42.4 Å². The van der Waals surface area contributed by atoms with Crippen LogP contribution in [0.5, 0.6) is 10.9 Å². The lowest BCUT2D eigenvalue weighted by atomic mass is 10.2. The van der Waals surface area contributed by atoms with E-state index in [0.29, 0.717) is 21.0 Å². The lowest BCUT2D eigenvalue weighted by molar-refractivity contribution is -0.116. The van der Waals surface area contributed by atoms with Crippen LogP contribution in [0.2, 0.25) is 9.49 Å². The first-order valence-corrected chi connectivity index (χ1v) is 6.89. The summed E-state index contributed by atoms with van der Waals surface area (Å²) in [6, 6.07) is 7.17. The molecule has 0 spiro atoms. The summed E-state index contributed by atoms with van der Waals surface area (Å²) < 4.78 is 6.00. The summed E-state index contributed by atoms with van der Waals surface area (Å²) in [5, 5.41) is 0.540. The lowest BCUT2D eigenvalue weighted by Crippen LogP contribution is -2.23. The number of hydrogen-bond donors (Lipinski definition) is 0. The Morgan fingerprint density at radius 3 is 2.63 bits per heavy atom. The van der Waals surface area contributed by atoms with Crippen molar-refractivity contribution in [3.63, 3.8) is 0 Å². The van der Waals surface area contributed by atoms with Gasteiger partial charge in [-0.2, -0.15) is 4.98 Å². The zero-order chi connectivity index (χ0) is 14.0. The van der Waals surface area contributed by atoms with Crippen LogP contribution in [-0.2, 0) is 4.79 Å². The van der Waals surface area contributed by atoms with Crippen molar-refractivity contribution in [2.75, 3.05) is 11.9 Å². The first-order valence-electron chi connectivity index (χ1n) is 5.32. The van der Waals surface area contributed by atoms with Crippen LogP contribution in [0.15, 0.2) is 24.3 Å². The molecule has 0 aliphatic carbocycles. The van der Waals surface area contributed by atoms with Crippen LogP contribution in [0.4, 0.5) is 5.69 Å². The molecule has 0 aliphatic heterocycles. The van der Waals surface area contributed by atoms with Gasteiger partial charge in [0.25, 0.3) is 5.19 Å². The van der Waals surface area contributed by atoms with Crippen molar-refractivity contribution < 1.29 is 9.53 Å². The van der Waals surface area contributed by atoms with Gasteiger partial charge in [0, 0.05) is 14.0 Å². The van der Waals surface area contributed by atoms with E-state index in [4.69, 9.17) is 27.9 Å². The number of rotatable bonds is 3. The first kappa shape index (κ1) is 14.1. The van der Waals surface area contributed by atoms with Gasteiger partial charge in [0.1, 0.15) is 4.34 Å². The Balaban J connectivity index is 2.32. The number of amides is 1. The summed E-state index contributed by atoms with van der Waals surface area (Å²) in [7, 11) is 1.67. The standard InChI is InChI=1S/C12H10Cl2N2O2S/c1-7(17)16(2)8-5-3-4-6-9(8)18-12-15-10(13)11(14)19-12/h3-6H,1-2H3. The van der Waals surface area contributed by atoms with E-state index in [1.807, 2.05) is 12.1 Å². The fraction of sp³-hybridized carbons (Fsp3) is 0.167. The molecule has 0 bridgehead atoms. The van der Waals surface area contributed by atoms with Crippen molar-refractivity contribution >= 4 is 46.1 Å². The Labute approximate surface area is 124 Å². The average Bonchev–Trinajstić information content (AvgIpc) is 2.68. The van der Waals surface area contributed by atoms with Crippen molar-refractivity contribution in [2.24, 2.45) is 0 Å². The van der Waals surface area contributed by atoms with Gasteiger partial charge < -0.3 is 9.64 Å². The normalized spacial score (nSPS) is 10.3. The maximum absolute atomic E-state index is 11.4. The van der Waals surface area contributed by atoms with Gasteiger partial charge in [0.05, 0.1) is 5.69 Å². The third-order valence-corrected chi connectivity index (χ3v) is 4.04. The van der Waals surface area contributed by atoms with Crippen molar-refractivity contribution in [1.29, 1.82) is 0 Å². The molecule has 0 aliphatic rings. The molecule has 1 aromatic heterocycles. The van der Waals surface area contributed by atoms with Crippen LogP contribution in [0.3, 0.4) is 0 Å². The smallest absolute Gasteiger partial charge is 0.281 e. The lowest BCUT2D eigenvalue weighted by Gasteiger charge is -2.18. The molecule has 19 heavy (non-hydrogen) atoms. The molecule has 0 saturated heterocycles. The number of halogens is 2. The fourth-order valence-corrected chi connectivity index (χ4v) is 2.43. The summed E-state index contributed by atoms with van der Waals surface area (Å²) in [5.74, 6) is 0.425. The Bertz CT molecular complexity index is 596. The number of para-hydroxylation sites is 2. The van der Waals surface area contributed by atoms with Crippen LogP contribution >= 0.6 is 34.5 Å². The second kappa shape index (κ2) is 5.77. The van der Waals surface area contributed by atoms with Crippen LogP contribution in [-0.4, -0.2) is 17.9 Å². The summed E-state index contributed by atoms with van der Waals surface area (Å²) in [5.41, 5.74) is 0.650. The van der Waals surface area contributed by atoms with Gasteiger partial charge in [0.2, 0.25) is 5.91 Å². The highest BCUT2D eigenvalue weighted by Crippen LogP contribution is 2.38. The molecule has 1 aromatic carbocycles. The zero-order valence-electron chi connectivity index (χ0n) is 10.2. The number of benzene rings is 1. The zero-order valence-corrected chi connectivity index (χ0v) is 12.5. The molecule has 0 N–H and O–H groups in total. The third-order valence-electron chi connectivity index (χ3n) is 2.42. The number of hydrogen-bond acceptors (Lipinski definition) is 4. The molecule has 1 amide bonds. The number of anilines is 1. The minimum absolute atomic E-state index is 0.0914. The Morgan fingerprint density at radius 2 is 2.05 bits per heavy atom. The van der Waals surface area contributed by atoms with E-state index in [9.17, 15) is 4.79 Å². The van der Waals surface area contributed by atoms with E-state index < -0.39 is 0 Å². The maximum atomic E-state index is 11.4. The van der Waals surface area contributed by atoms with Gasteiger partial charge in [-0.3, -0.25) is 4.79 Å². The molecule has 0 saturated carbocycles. The first-order chi connectivity index (χ1) is 8.99. The molecule has 0 unspecified atom stereocenters. The van der Waals surface area contributed by atoms with Crippen LogP contribution in [0.1, 0.15) is 6.92 Å². The quantitative estimate of drug-likeness (QED) is 0.851. The number of thiazole rings is 1. The Morgan fingerprint density at radius 1 is 1.37 bits per heavy atom. The minimum Gasteiger partial charge on any atom is -0.429 e. The predicted molar refractivity (Wildman–Crippen MR) is 77.7 cm³/mol. The Hall–Kier alpha value is -1.30. The molecule has 0 fully saturated rings. The van der Waals surface area contributed by atoms with E-state index in [2.05, 4.69) is 4.98 Å². The van der Waals surface area contributed by atoms with E-state index in [1.165, 1.54) is 11.8 Å². The van der Waals surface area contributed by atoms with Gasteiger partial charge in [-0.25, -0.2) is 0 Å². The van der Waals surface area contributed by atoms with Crippen molar-refractivity contribution in [3.05, 3.63) is 33.8 Å². The number of nitrogens with zero attached hydrogens (tertiary/aromatic N) is 2. The Kier molecular flexibility index (Phi) is 4.29. The molecule has 0 atom stereocenters. The van der Waals surface area contributed by atoms with E-state index in [-0.39, 0.29) is 11.1 Å². The summed E-state index contributed by atoms with van der Waals surface area (Å²) >= 11 is 12.7. The van der Waals surface area contributed by atoms with E-state index >= 15 is 0 Å². The average molecular weight is 317 g/mol. The second-order valence-corrected chi connectivity index (χ2v) is 5.61. The van der Waals surface area contributed by atoms with Crippen molar-refractivity contribution in [2.45, 2.75) is 6.92 Å². The van der Waals surface area contributed by atoms with Crippen LogP contribution < -0.4 is 9.64 Å². The largest absolute Gasteiger partial charge is 0.429 e. The number of carbonyl (C=O) groups excluding carboxylic acids is 1. The van der Waals surface area contributed by atoms with E-state index in [1.54, 1.807) is 19.2 Å². The number of ether oxygens (including phenoxy) is 1. The van der Waals surface area contributed by atoms with E-state index in [0.717, 1.165) is 11.3 Å². The van der Waals surface area contributed by atoms with Gasteiger partial charge >= 0.3 is 0 Å². The molecule has 100 valence electrons. The summed E-state index contributed by atoms with van der Waals surface area (Å²) in [6.07, 6.45) is 0. The molecule has 1 heterocycles. The highest BCUT2D eigenvalue weighted by Gasteiger charge is 2.14. The monoisotopic (exact) mass is 316 g/mol.